The third-order valence-electron chi connectivity index (χ3n) is 1.95. The number of hydrogen-bond acceptors (Lipinski definition) is 1. The van der Waals surface area contributed by atoms with Crippen molar-refractivity contribution in [3.63, 3.8) is 0 Å². The summed E-state index contributed by atoms with van der Waals surface area (Å²) in [5.74, 6) is -0.689. The van der Waals surface area contributed by atoms with Gasteiger partial charge in [-0.3, -0.25) is 4.79 Å². The molecule has 0 amide bonds. The first-order chi connectivity index (χ1) is 6.63. The van der Waals surface area contributed by atoms with Crippen molar-refractivity contribution >= 4 is 29.2 Å². The summed E-state index contributed by atoms with van der Waals surface area (Å²) in [6, 6.07) is 7.08. The fraction of sp³-hybridized carbons (Fsp3) is 0.300. The minimum Gasteiger partial charge on any atom is -0.481 e. The molecule has 0 aliphatic rings. The van der Waals surface area contributed by atoms with Gasteiger partial charge >= 0.3 is 5.97 Å². The van der Waals surface area contributed by atoms with E-state index in [0.29, 0.717) is 10.9 Å². The van der Waals surface area contributed by atoms with E-state index in [1.807, 2.05) is 0 Å². The molecule has 14 heavy (non-hydrogen) atoms. The van der Waals surface area contributed by atoms with E-state index in [0.717, 1.165) is 5.56 Å². The Morgan fingerprint density at radius 3 is 2.36 bits per heavy atom. The number of aliphatic carboxylic acids is 1. The van der Waals surface area contributed by atoms with Gasteiger partial charge in [0.2, 0.25) is 0 Å². The van der Waals surface area contributed by atoms with Crippen LogP contribution in [0.4, 0.5) is 0 Å². The molecule has 1 aromatic carbocycles. The van der Waals surface area contributed by atoms with Gasteiger partial charge in [0.15, 0.2) is 0 Å². The van der Waals surface area contributed by atoms with Crippen LogP contribution in [0.2, 0.25) is 5.02 Å². The van der Waals surface area contributed by atoms with Crippen LogP contribution in [0.1, 0.15) is 17.9 Å². The summed E-state index contributed by atoms with van der Waals surface area (Å²) in [4.78, 5) is 10.5. The Morgan fingerprint density at radius 1 is 1.36 bits per heavy atom. The first kappa shape index (κ1) is 11.3. The lowest BCUT2D eigenvalue weighted by molar-refractivity contribution is -0.137. The SMILES string of the molecule is O=C(O)CC(CCl)c1ccc(Cl)cc1. The molecule has 1 unspecified atom stereocenters. The van der Waals surface area contributed by atoms with E-state index in [2.05, 4.69) is 0 Å². The molecule has 0 fully saturated rings. The highest BCUT2D eigenvalue weighted by molar-refractivity contribution is 6.30. The number of carboxylic acids is 1. The van der Waals surface area contributed by atoms with Crippen molar-refractivity contribution < 1.29 is 9.90 Å². The quantitative estimate of drug-likeness (QED) is 0.811. The van der Waals surface area contributed by atoms with Crippen LogP contribution in [0.15, 0.2) is 24.3 Å². The van der Waals surface area contributed by atoms with Gasteiger partial charge in [-0.25, -0.2) is 0 Å². The zero-order chi connectivity index (χ0) is 10.6. The number of hydrogen-bond donors (Lipinski definition) is 1. The Labute approximate surface area is 92.5 Å². The Bertz CT molecular complexity index is 308. The van der Waals surface area contributed by atoms with Crippen LogP contribution in [-0.2, 0) is 4.79 Å². The van der Waals surface area contributed by atoms with Gasteiger partial charge in [-0.05, 0) is 17.7 Å². The van der Waals surface area contributed by atoms with Crippen LogP contribution >= 0.6 is 23.2 Å². The van der Waals surface area contributed by atoms with Crippen molar-refractivity contribution in [3.05, 3.63) is 34.9 Å². The maximum atomic E-state index is 10.5. The molecule has 1 rings (SSSR count). The molecule has 0 spiro atoms. The summed E-state index contributed by atoms with van der Waals surface area (Å²) in [5.41, 5.74) is 0.909. The maximum Gasteiger partial charge on any atom is 0.304 e. The summed E-state index contributed by atoms with van der Waals surface area (Å²) >= 11 is 11.4. The molecular formula is C10H10Cl2O2. The molecule has 0 bridgehead atoms. The third-order valence-corrected chi connectivity index (χ3v) is 2.57. The normalized spacial score (nSPS) is 12.4. The molecule has 0 aliphatic carbocycles. The lowest BCUT2D eigenvalue weighted by Gasteiger charge is -2.11. The summed E-state index contributed by atoms with van der Waals surface area (Å²) in [7, 11) is 0. The average Bonchev–Trinajstić information content (AvgIpc) is 2.15. The topological polar surface area (TPSA) is 37.3 Å². The summed E-state index contributed by atoms with van der Waals surface area (Å²) < 4.78 is 0. The van der Waals surface area contributed by atoms with Gasteiger partial charge in [-0.15, -0.1) is 11.6 Å². The molecule has 1 aromatic rings. The minimum absolute atomic E-state index is 0.0468. The molecule has 1 atom stereocenters. The van der Waals surface area contributed by atoms with E-state index < -0.39 is 5.97 Å². The van der Waals surface area contributed by atoms with Gasteiger partial charge < -0.3 is 5.11 Å². The number of halogens is 2. The van der Waals surface area contributed by atoms with Gasteiger partial charge in [-0.2, -0.15) is 0 Å². The Kier molecular flexibility index (Phi) is 4.23. The van der Waals surface area contributed by atoms with E-state index in [9.17, 15) is 4.79 Å². The molecule has 0 saturated heterocycles. The second-order valence-electron chi connectivity index (χ2n) is 3.00. The van der Waals surface area contributed by atoms with Gasteiger partial charge in [0, 0.05) is 16.8 Å². The van der Waals surface area contributed by atoms with E-state index in [1.165, 1.54) is 0 Å². The number of benzene rings is 1. The van der Waals surface area contributed by atoms with E-state index in [1.54, 1.807) is 24.3 Å². The molecule has 2 nitrogen and oxygen atoms in total. The highest BCUT2D eigenvalue weighted by Gasteiger charge is 2.13. The highest BCUT2D eigenvalue weighted by atomic mass is 35.5. The standard InChI is InChI=1S/C10H10Cl2O2/c11-6-8(5-10(13)14)7-1-3-9(12)4-2-7/h1-4,8H,5-6H2,(H,13,14). The monoisotopic (exact) mass is 232 g/mol. The number of carbonyl (C=O) groups is 1. The highest BCUT2D eigenvalue weighted by Crippen LogP contribution is 2.22. The van der Waals surface area contributed by atoms with Crippen molar-refractivity contribution in [3.8, 4) is 0 Å². The Hall–Kier alpha value is -0.730. The molecule has 0 saturated carbocycles. The van der Waals surface area contributed by atoms with Gasteiger partial charge in [-0.1, -0.05) is 23.7 Å². The zero-order valence-corrected chi connectivity index (χ0v) is 8.92. The Balaban J connectivity index is 2.78. The van der Waals surface area contributed by atoms with Crippen molar-refractivity contribution in [1.82, 2.24) is 0 Å². The second-order valence-corrected chi connectivity index (χ2v) is 3.75. The zero-order valence-electron chi connectivity index (χ0n) is 7.41. The maximum absolute atomic E-state index is 10.5. The van der Waals surface area contributed by atoms with Gasteiger partial charge in [0.05, 0.1) is 6.42 Å². The largest absolute Gasteiger partial charge is 0.481 e. The minimum atomic E-state index is -0.842. The van der Waals surface area contributed by atoms with Crippen molar-refractivity contribution in [2.24, 2.45) is 0 Å². The predicted octanol–water partition coefficient (Wildman–Crippen LogP) is 3.14. The van der Waals surface area contributed by atoms with Crippen LogP contribution in [0, 0.1) is 0 Å². The number of rotatable bonds is 4. The molecule has 1 N–H and O–H groups in total. The molecule has 0 heterocycles. The van der Waals surface area contributed by atoms with Gasteiger partial charge in [0.25, 0.3) is 0 Å². The molecular weight excluding hydrogens is 223 g/mol. The third kappa shape index (κ3) is 3.20. The van der Waals surface area contributed by atoms with Crippen LogP contribution in [0.5, 0.6) is 0 Å². The van der Waals surface area contributed by atoms with Crippen molar-refractivity contribution in [1.29, 1.82) is 0 Å². The molecule has 0 aromatic heterocycles. The summed E-state index contributed by atoms with van der Waals surface area (Å²) in [6.07, 6.45) is 0.0468. The molecule has 76 valence electrons. The number of carboxylic acid groups (broad SMARTS) is 1. The summed E-state index contributed by atoms with van der Waals surface area (Å²) in [6.45, 7) is 0. The van der Waals surface area contributed by atoms with Crippen molar-refractivity contribution in [2.45, 2.75) is 12.3 Å². The van der Waals surface area contributed by atoms with Crippen LogP contribution in [0.25, 0.3) is 0 Å². The summed E-state index contributed by atoms with van der Waals surface area (Å²) in [5, 5.41) is 9.28. The van der Waals surface area contributed by atoms with Gasteiger partial charge in [0.1, 0.15) is 0 Å². The Morgan fingerprint density at radius 2 is 1.93 bits per heavy atom. The molecule has 0 aliphatic heterocycles. The fourth-order valence-corrected chi connectivity index (χ4v) is 1.62. The van der Waals surface area contributed by atoms with Crippen LogP contribution in [-0.4, -0.2) is 17.0 Å². The number of alkyl halides is 1. The first-order valence-corrected chi connectivity index (χ1v) is 5.08. The van der Waals surface area contributed by atoms with E-state index in [-0.39, 0.29) is 12.3 Å². The van der Waals surface area contributed by atoms with E-state index in [4.69, 9.17) is 28.3 Å². The fourth-order valence-electron chi connectivity index (χ4n) is 1.21. The molecule has 0 radical (unpaired) electrons. The predicted molar refractivity (Wildman–Crippen MR) is 57.2 cm³/mol. The molecule has 4 heteroatoms. The van der Waals surface area contributed by atoms with Crippen LogP contribution in [0.3, 0.4) is 0 Å². The smallest absolute Gasteiger partial charge is 0.304 e. The van der Waals surface area contributed by atoms with E-state index >= 15 is 0 Å². The lowest BCUT2D eigenvalue weighted by atomic mass is 9.98. The first-order valence-electron chi connectivity index (χ1n) is 4.16. The van der Waals surface area contributed by atoms with Crippen LogP contribution < -0.4 is 0 Å². The second kappa shape index (κ2) is 5.23. The lowest BCUT2D eigenvalue weighted by Crippen LogP contribution is -2.07. The van der Waals surface area contributed by atoms with Crippen molar-refractivity contribution in [2.75, 3.05) is 5.88 Å². The average molecular weight is 233 g/mol.